The molecular weight excluding hydrogens is 118 g/mol. The molecule has 0 aromatic carbocycles. The summed E-state index contributed by atoms with van der Waals surface area (Å²) in [5.41, 5.74) is 0. The van der Waals surface area contributed by atoms with E-state index in [0.29, 0.717) is 0 Å². The fourth-order valence-corrected chi connectivity index (χ4v) is 0.438. The first-order valence-corrected chi connectivity index (χ1v) is 2.87. The van der Waals surface area contributed by atoms with Crippen molar-refractivity contribution >= 4 is 24.4 Å². The predicted octanol–water partition coefficient (Wildman–Crippen LogP) is 1.05. The smallest absolute Gasteiger partial charge is 0.0115 e. The van der Waals surface area contributed by atoms with Crippen LogP contribution >= 0.6 is 24.4 Å². The molecule has 0 spiro atoms. The molecule has 0 rings (SSSR count). The highest BCUT2D eigenvalue weighted by atomic mass is 35.5. The molecule has 1 N–H and O–H groups in total. The number of nitrogens with one attached hydrogen (secondary N) is 1. The molecule has 0 bridgehead atoms. The average Bonchev–Trinajstić information content (AvgIpc) is 1.61. The predicted molar refractivity (Wildman–Crippen MR) is 32.3 cm³/mol. The van der Waals surface area contributed by atoms with Crippen LogP contribution in [0.3, 0.4) is 0 Å². The Labute approximate surface area is 48.6 Å². The minimum Gasteiger partial charge on any atom is -0.234 e. The summed E-state index contributed by atoms with van der Waals surface area (Å²) in [6.45, 7) is 0.852. The van der Waals surface area contributed by atoms with E-state index >= 15 is 0 Å². The Kier molecular flexibility index (Phi) is 6.16. The molecule has 0 fully saturated rings. The topological polar surface area (TPSA) is 12.0 Å². The molecule has 0 aliphatic heterocycles. The molecule has 0 aromatic rings. The van der Waals surface area contributed by atoms with Crippen molar-refractivity contribution in [3.63, 3.8) is 0 Å². The van der Waals surface area contributed by atoms with Gasteiger partial charge in [0.15, 0.2) is 0 Å². The van der Waals surface area contributed by atoms with Gasteiger partial charge in [0, 0.05) is 6.54 Å². The standard InChI is InChI=1S/C3H8ClNS/c4-5-2-1-3-6/h5-6H,1-3H2. The van der Waals surface area contributed by atoms with Crippen LogP contribution in [-0.2, 0) is 0 Å². The Bertz CT molecular complexity index is 22.8. The van der Waals surface area contributed by atoms with E-state index in [9.17, 15) is 0 Å². The zero-order chi connectivity index (χ0) is 4.83. The minimum atomic E-state index is 0.852. The lowest BCUT2D eigenvalue weighted by Crippen LogP contribution is -2.00. The molecular formula is C3H8ClNS. The number of rotatable bonds is 3. The van der Waals surface area contributed by atoms with E-state index in [4.69, 9.17) is 11.8 Å². The van der Waals surface area contributed by atoms with Gasteiger partial charge in [0.25, 0.3) is 0 Å². The number of hydrogen-bond donors (Lipinski definition) is 2. The van der Waals surface area contributed by atoms with Crippen LogP contribution < -0.4 is 4.84 Å². The van der Waals surface area contributed by atoms with Crippen LogP contribution in [-0.4, -0.2) is 12.3 Å². The molecule has 38 valence electrons. The second-order valence-corrected chi connectivity index (χ2v) is 1.68. The van der Waals surface area contributed by atoms with Gasteiger partial charge in [-0.05, 0) is 24.0 Å². The van der Waals surface area contributed by atoms with Crippen LogP contribution in [0.4, 0.5) is 0 Å². The van der Waals surface area contributed by atoms with Crippen LogP contribution in [0.5, 0.6) is 0 Å². The SMILES string of the molecule is SCCCNCl. The summed E-state index contributed by atoms with van der Waals surface area (Å²) >= 11 is 9.05. The van der Waals surface area contributed by atoms with E-state index in [1.807, 2.05) is 0 Å². The van der Waals surface area contributed by atoms with Crippen molar-refractivity contribution in [2.75, 3.05) is 12.3 Å². The Balaban J connectivity index is 2.34. The minimum absolute atomic E-state index is 0.852. The maximum Gasteiger partial charge on any atom is 0.0115 e. The monoisotopic (exact) mass is 125 g/mol. The van der Waals surface area contributed by atoms with Gasteiger partial charge in [0.2, 0.25) is 0 Å². The van der Waals surface area contributed by atoms with E-state index in [2.05, 4.69) is 17.5 Å². The normalized spacial score (nSPS) is 9.00. The molecule has 0 saturated heterocycles. The molecule has 0 unspecified atom stereocenters. The lowest BCUT2D eigenvalue weighted by atomic mass is 10.5. The quantitative estimate of drug-likeness (QED) is 0.327. The highest BCUT2D eigenvalue weighted by Crippen LogP contribution is 1.79. The largest absolute Gasteiger partial charge is 0.234 e. The van der Waals surface area contributed by atoms with Gasteiger partial charge >= 0.3 is 0 Å². The van der Waals surface area contributed by atoms with Crippen molar-refractivity contribution < 1.29 is 0 Å². The van der Waals surface area contributed by atoms with Gasteiger partial charge < -0.3 is 0 Å². The van der Waals surface area contributed by atoms with Crippen LogP contribution in [0.1, 0.15) is 6.42 Å². The first-order valence-electron chi connectivity index (χ1n) is 1.86. The van der Waals surface area contributed by atoms with E-state index < -0.39 is 0 Å². The zero-order valence-corrected chi connectivity index (χ0v) is 5.10. The summed E-state index contributed by atoms with van der Waals surface area (Å²) in [7, 11) is 0. The van der Waals surface area contributed by atoms with Gasteiger partial charge in [-0.25, -0.2) is 4.84 Å². The highest BCUT2D eigenvalue weighted by molar-refractivity contribution is 7.80. The molecule has 0 aliphatic rings. The molecule has 0 atom stereocenters. The lowest BCUT2D eigenvalue weighted by molar-refractivity contribution is 0.880. The maximum atomic E-state index is 5.10. The van der Waals surface area contributed by atoms with Gasteiger partial charge in [-0.3, -0.25) is 0 Å². The number of thiol groups is 1. The molecule has 1 nitrogen and oxygen atoms in total. The molecule has 3 heteroatoms. The van der Waals surface area contributed by atoms with Crippen LogP contribution in [0.25, 0.3) is 0 Å². The van der Waals surface area contributed by atoms with Crippen molar-refractivity contribution in [2.45, 2.75) is 6.42 Å². The summed E-state index contributed by atoms with van der Waals surface area (Å²) in [6.07, 6.45) is 1.03. The molecule has 0 saturated carbocycles. The Morgan fingerprint density at radius 1 is 1.67 bits per heavy atom. The third-order valence-electron chi connectivity index (χ3n) is 0.429. The molecule has 6 heavy (non-hydrogen) atoms. The van der Waals surface area contributed by atoms with Gasteiger partial charge in [0.05, 0.1) is 0 Å². The summed E-state index contributed by atoms with van der Waals surface area (Å²) in [6, 6.07) is 0. The van der Waals surface area contributed by atoms with Gasteiger partial charge in [0.1, 0.15) is 0 Å². The molecule has 0 amide bonds. The van der Waals surface area contributed by atoms with Crippen LogP contribution in [0, 0.1) is 0 Å². The van der Waals surface area contributed by atoms with E-state index in [-0.39, 0.29) is 0 Å². The summed E-state index contributed by atoms with van der Waals surface area (Å²) in [4.78, 5) is 2.49. The molecule has 0 aromatic heterocycles. The lowest BCUT2D eigenvalue weighted by Gasteiger charge is -1.86. The molecule has 0 heterocycles. The summed E-state index contributed by atoms with van der Waals surface area (Å²) in [5.74, 6) is 0.902. The van der Waals surface area contributed by atoms with Crippen molar-refractivity contribution in [1.29, 1.82) is 0 Å². The highest BCUT2D eigenvalue weighted by Gasteiger charge is 1.75. The Morgan fingerprint density at radius 2 is 2.33 bits per heavy atom. The van der Waals surface area contributed by atoms with Crippen molar-refractivity contribution in [1.82, 2.24) is 4.84 Å². The summed E-state index contributed by atoms with van der Waals surface area (Å²) in [5, 5.41) is 0. The zero-order valence-electron chi connectivity index (χ0n) is 3.45. The second-order valence-electron chi connectivity index (χ2n) is 0.961. The third kappa shape index (κ3) is 4.60. The summed E-state index contributed by atoms with van der Waals surface area (Å²) < 4.78 is 0. The molecule has 0 aliphatic carbocycles. The van der Waals surface area contributed by atoms with Crippen LogP contribution in [0.15, 0.2) is 0 Å². The first-order chi connectivity index (χ1) is 2.91. The van der Waals surface area contributed by atoms with E-state index in [1.54, 1.807) is 0 Å². The first kappa shape index (κ1) is 6.60. The number of halogens is 1. The average molecular weight is 126 g/mol. The Morgan fingerprint density at radius 3 is 2.50 bits per heavy atom. The Hall–Kier alpha value is 0.600. The van der Waals surface area contributed by atoms with Crippen LogP contribution in [0.2, 0.25) is 0 Å². The van der Waals surface area contributed by atoms with E-state index in [0.717, 1.165) is 18.7 Å². The van der Waals surface area contributed by atoms with Gasteiger partial charge in [-0.15, -0.1) is 0 Å². The fourth-order valence-electron chi connectivity index (χ4n) is 0.146. The van der Waals surface area contributed by atoms with Crippen molar-refractivity contribution in [3.05, 3.63) is 0 Å². The number of hydrogen-bond acceptors (Lipinski definition) is 2. The fraction of sp³-hybridized carbons (Fsp3) is 1.00. The van der Waals surface area contributed by atoms with Crippen molar-refractivity contribution in [3.8, 4) is 0 Å². The second kappa shape index (κ2) is 5.60. The van der Waals surface area contributed by atoms with Gasteiger partial charge in [-0.2, -0.15) is 12.6 Å². The third-order valence-corrected chi connectivity index (χ3v) is 0.935. The van der Waals surface area contributed by atoms with Gasteiger partial charge in [-0.1, -0.05) is 0 Å². The van der Waals surface area contributed by atoms with E-state index in [1.165, 1.54) is 0 Å². The molecule has 0 radical (unpaired) electrons. The maximum absolute atomic E-state index is 5.10. The van der Waals surface area contributed by atoms with Crippen molar-refractivity contribution in [2.24, 2.45) is 0 Å².